The van der Waals surface area contributed by atoms with Gasteiger partial charge in [-0.05, 0) is 37.5 Å². The Bertz CT molecular complexity index is 675. The highest BCUT2D eigenvalue weighted by Crippen LogP contribution is 2.38. The van der Waals surface area contributed by atoms with Crippen LogP contribution >= 0.6 is 11.8 Å². The molecule has 1 aromatic rings. The second kappa shape index (κ2) is 8.09. The van der Waals surface area contributed by atoms with Crippen molar-refractivity contribution < 1.29 is 14.3 Å². The third-order valence-corrected chi connectivity index (χ3v) is 4.63. The third-order valence-electron chi connectivity index (χ3n) is 3.54. The molecule has 1 aliphatic heterocycles. The Hall–Kier alpha value is -1.75. The fraction of sp³-hybridized carbons (Fsp3) is 0.500. The predicted molar refractivity (Wildman–Crippen MR) is 103 cm³/mol. The molecule has 1 heterocycles. The van der Waals surface area contributed by atoms with Crippen molar-refractivity contribution in [1.29, 1.82) is 0 Å². The quantitative estimate of drug-likeness (QED) is 0.677. The van der Waals surface area contributed by atoms with Gasteiger partial charge in [-0.15, -0.1) is 11.8 Å². The monoisotopic (exact) mass is 361 g/mol. The van der Waals surface area contributed by atoms with Gasteiger partial charge >= 0.3 is 0 Å². The molecule has 2 rings (SSSR count). The molecule has 0 atom stereocenters. The summed E-state index contributed by atoms with van der Waals surface area (Å²) < 4.78 is 5.66. The SMILES string of the molecule is CC(C)CN1C(=O)C(SC(C)C)=C(c2ccc(OC(C)C)cc2)C1=O. The minimum absolute atomic E-state index is 0.0911. The van der Waals surface area contributed by atoms with E-state index in [1.165, 1.54) is 16.7 Å². The minimum Gasteiger partial charge on any atom is -0.491 e. The number of nitrogens with zero attached hydrogens (tertiary/aromatic N) is 1. The summed E-state index contributed by atoms with van der Waals surface area (Å²) in [6.45, 7) is 12.4. The first-order chi connectivity index (χ1) is 11.7. The smallest absolute Gasteiger partial charge is 0.268 e. The summed E-state index contributed by atoms with van der Waals surface area (Å²) in [5.41, 5.74) is 1.28. The molecule has 0 fully saturated rings. The Balaban J connectivity index is 2.40. The summed E-state index contributed by atoms with van der Waals surface area (Å²) in [6, 6.07) is 7.42. The molecular formula is C20H27NO3S. The van der Waals surface area contributed by atoms with E-state index in [1.54, 1.807) is 0 Å². The van der Waals surface area contributed by atoms with Crippen molar-refractivity contribution in [2.24, 2.45) is 5.92 Å². The van der Waals surface area contributed by atoms with Gasteiger partial charge in [-0.2, -0.15) is 0 Å². The summed E-state index contributed by atoms with van der Waals surface area (Å²) in [6.07, 6.45) is 0.0911. The molecule has 0 aliphatic carbocycles. The Morgan fingerprint density at radius 3 is 2.04 bits per heavy atom. The molecule has 0 spiro atoms. The van der Waals surface area contributed by atoms with Crippen molar-refractivity contribution >= 4 is 29.1 Å². The van der Waals surface area contributed by atoms with Crippen LogP contribution < -0.4 is 4.74 Å². The second-order valence-electron chi connectivity index (χ2n) is 7.18. The highest BCUT2D eigenvalue weighted by Gasteiger charge is 2.39. The number of hydrogen-bond acceptors (Lipinski definition) is 4. The summed E-state index contributed by atoms with van der Waals surface area (Å²) >= 11 is 1.46. The van der Waals surface area contributed by atoms with E-state index in [0.717, 1.165) is 11.3 Å². The zero-order valence-corrected chi connectivity index (χ0v) is 16.6. The predicted octanol–water partition coefficient (Wildman–Crippen LogP) is 4.35. The average Bonchev–Trinajstić information content (AvgIpc) is 2.71. The minimum atomic E-state index is -0.195. The van der Waals surface area contributed by atoms with Gasteiger partial charge in [0, 0.05) is 11.8 Å². The Labute approximate surface area is 154 Å². The number of imide groups is 1. The van der Waals surface area contributed by atoms with E-state index in [1.807, 2.05) is 65.8 Å². The summed E-state index contributed by atoms with van der Waals surface area (Å²) in [5, 5.41) is 0.226. The number of ether oxygens (including phenoxy) is 1. The average molecular weight is 362 g/mol. The number of benzene rings is 1. The van der Waals surface area contributed by atoms with Gasteiger partial charge in [0.1, 0.15) is 5.75 Å². The van der Waals surface area contributed by atoms with Gasteiger partial charge in [0.2, 0.25) is 0 Å². The van der Waals surface area contributed by atoms with Crippen LogP contribution in [-0.4, -0.2) is 34.6 Å². The van der Waals surface area contributed by atoms with E-state index in [2.05, 4.69) is 0 Å². The first-order valence-corrected chi connectivity index (χ1v) is 9.62. The molecule has 0 N–H and O–H groups in total. The Morgan fingerprint density at radius 1 is 0.960 bits per heavy atom. The highest BCUT2D eigenvalue weighted by atomic mass is 32.2. The Morgan fingerprint density at radius 2 is 1.56 bits per heavy atom. The van der Waals surface area contributed by atoms with Crippen molar-refractivity contribution in [2.45, 2.75) is 52.9 Å². The van der Waals surface area contributed by atoms with Crippen LogP contribution in [0.15, 0.2) is 29.2 Å². The number of carbonyl (C=O) groups excluding carboxylic acids is 2. The lowest BCUT2D eigenvalue weighted by Gasteiger charge is -2.17. The molecule has 136 valence electrons. The topological polar surface area (TPSA) is 46.6 Å². The van der Waals surface area contributed by atoms with Crippen LogP contribution in [-0.2, 0) is 9.59 Å². The van der Waals surface area contributed by atoms with Crippen LogP contribution in [0.3, 0.4) is 0 Å². The first kappa shape index (κ1) is 19.6. The molecule has 5 heteroatoms. The van der Waals surface area contributed by atoms with Crippen molar-refractivity contribution in [3.8, 4) is 5.75 Å². The van der Waals surface area contributed by atoms with E-state index in [-0.39, 0.29) is 29.1 Å². The zero-order chi connectivity index (χ0) is 18.7. The highest BCUT2D eigenvalue weighted by molar-refractivity contribution is 8.04. The van der Waals surface area contributed by atoms with E-state index < -0.39 is 0 Å². The molecule has 0 bridgehead atoms. The fourth-order valence-electron chi connectivity index (χ4n) is 2.66. The van der Waals surface area contributed by atoms with Crippen molar-refractivity contribution in [2.75, 3.05) is 6.54 Å². The second-order valence-corrected chi connectivity index (χ2v) is 8.76. The van der Waals surface area contributed by atoms with Crippen molar-refractivity contribution in [3.63, 3.8) is 0 Å². The van der Waals surface area contributed by atoms with Gasteiger partial charge < -0.3 is 4.74 Å². The third kappa shape index (κ3) is 4.66. The number of carbonyl (C=O) groups is 2. The van der Waals surface area contributed by atoms with Crippen LogP contribution in [0.4, 0.5) is 0 Å². The molecule has 2 amide bonds. The number of hydrogen-bond donors (Lipinski definition) is 0. The van der Waals surface area contributed by atoms with Gasteiger partial charge in [0.25, 0.3) is 11.8 Å². The number of thioether (sulfide) groups is 1. The molecule has 0 saturated heterocycles. The maximum atomic E-state index is 12.9. The molecule has 1 aliphatic rings. The summed E-state index contributed by atoms with van der Waals surface area (Å²) in [7, 11) is 0. The molecule has 0 radical (unpaired) electrons. The zero-order valence-electron chi connectivity index (χ0n) is 15.8. The van der Waals surface area contributed by atoms with Gasteiger partial charge in [0.15, 0.2) is 0 Å². The van der Waals surface area contributed by atoms with E-state index >= 15 is 0 Å². The molecule has 0 aromatic heterocycles. The van der Waals surface area contributed by atoms with Crippen LogP contribution in [0.5, 0.6) is 5.75 Å². The van der Waals surface area contributed by atoms with Crippen LogP contribution in [0, 0.1) is 5.92 Å². The lowest BCUT2D eigenvalue weighted by atomic mass is 10.1. The first-order valence-electron chi connectivity index (χ1n) is 8.75. The van der Waals surface area contributed by atoms with Gasteiger partial charge in [-0.3, -0.25) is 14.5 Å². The molecule has 0 saturated carbocycles. The lowest BCUT2D eigenvalue weighted by Crippen LogP contribution is -2.34. The van der Waals surface area contributed by atoms with Crippen LogP contribution in [0.25, 0.3) is 5.57 Å². The standard InChI is InChI=1S/C20H27NO3S/c1-12(2)11-21-19(22)17(18(20(21)23)25-14(5)6)15-7-9-16(10-8-15)24-13(3)4/h7-10,12-14H,11H2,1-6H3. The van der Waals surface area contributed by atoms with Crippen molar-refractivity contribution in [3.05, 3.63) is 34.7 Å². The number of amides is 2. The van der Waals surface area contributed by atoms with Crippen LogP contribution in [0.2, 0.25) is 0 Å². The molecule has 0 unspecified atom stereocenters. The van der Waals surface area contributed by atoms with Gasteiger partial charge in [0.05, 0.1) is 16.6 Å². The van der Waals surface area contributed by atoms with Crippen LogP contribution in [0.1, 0.15) is 47.1 Å². The largest absolute Gasteiger partial charge is 0.491 e. The summed E-state index contributed by atoms with van der Waals surface area (Å²) in [5.74, 6) is 0.627. The summed E-state index contributed by atoms with van der Waals surface area (Å²) in [4.78, 5) is 27.6. The Kier molecular flexibility index (Phi) is 6.33. The lowest BCUT2D eigenvalue weighted by molar-refractivity contribution is -0.137. The number of rotatable bonds is 7. The molecule has 25 heavy (non-hydrogen) atoms. The maximum absolute atomic E-state index is 12.9. The molecular weight excluding hydrogens is 334 g/mol. The van der Waals surface area contributed by atoms with Gasteiger partial charge in [-0.1, -0.05) is 39.8 Å². The van der Waals surface area contributed by atoms with Gasteiger partial charge in [-0.25, -0.2) is 0 Å². The normalized spacial score (nSPS) is 15.3. The fourth-order valence-corrected chi connectivity index (χ4v) is 3.66. The van der Waals surface area contributed by atoms with Crippen molar-refractivity contribution in [1.82, 2.24) is 4.90 Å². The molecule has 1 aromatic carbocycles. The molecule has 4 nitrogen and oxygen atoms in total. The van der Waals surface area contributed by atoms with E-state index in [4.69, 9.17) is 4.74 Å². The van der Waals surface area contributed by atoms with E-state index in [9.17, 15) is 9.59 Å². The van der Waals surface area contributed by atoms with E-state index in [0.29, 0.717) is 17.0 Å². The maximum Gasteiger partial charge on any atom is 0.268 e.